The second-order valence-electron chi connectivity index (χ2n) is 7.12. The monoisotopic (exact) mass is 375 g/mol. The Bertz CT molecular complexity index is 878. The van der Waals surface area contributed by atoms with Crippen molar-refractivity contribution in [3.8, 4) is 0 Å². The minimum Gasteiger partial charge on any atom is -0.351 e. The van der Waals surface area contributed by atoms with Gasteiger partial charge >= 0.3 is 0 Å². The average molecular weight is 376 g/mol. The lowest BCUT2D eigenvalue weighted by Gasteiger charge is -2.18. The van der Waals surface area contributed by atoms with Crippen molar-refractivity contribution >= 4 is 38.9 Å². The van der Waals surface area contributed by atoms with E-state index in [9.17, 15) is 4.79 Å². The summed E-state index contributed by atoms with van der Waals surface area (Å²) in [4.78, 5) is 17.1. The quantitative estimate of drug-likeness (QED) is 0.647. The fourth-order valence-corrected chi connectivity index (χ4v) is 4.11. The van der Waals surface area contributed by atoms with Gasteiger partial charge in [-0.25, -0.2) is 4.98 Å². The van der Waals surface area contributed by atoms with Gasteiger partial charge in [0.25, 0.3) is 5.91 Å². The van der Waals surface area contributed by atoms with Crippen molar-refractivity contribution in [1.82, 2.24) is 14.9 Å². The molecular formula is C19H22ClN3OS. The van der Waals surface area contributed by atoms with Crippen LogP contribution >= 0.6 is 22.9 Å². The molecule has 0 saturated carbocycles. The van der Waals surface area contributed by atoms with Crippen molar-refractivity contribution < 1.29 is 4.79 Å². The molecular weight excluding hydrogens is 354 g/mol. The Balaban J connectivity index is 1.69. The maximum atomic E-state index is 12.5. The standard InChI is InChI=1S/C19H22ClN3OS/c1-19(2,3)13-5-6-14-15(11-13)25-17(16(14)20)18(24)22-7-4-9-23-10-8-21-12-23/h5-6,8,10-12H,4,7,9H2,1-3H3,(H,22,24). The van der Waals surface area contributed by atoms with Crippen LogP contribution in [0.4, 0.5) is 0 Å². The number of nitrogens with one attached hydrogen (secondary N) is 1. The molecule has 0 bridgehead atoms. The van der Waals surface area contributed by atoms with Crippen LogP contribution < -0.4 is 5.32 Å². The Kier molecular flexibility index (Phi) is 5.16. The summed E-state index contributed by atoms with van der Waals surface area (Å²) in [5.74, 6) is -0.103. The summed E-state index contributed by atoms with van der Waals surface area (Å²) in [6.07, 6.45) is 6.29. The molecule has 0 unspecified atom stereocenters. The summed E-state index contributed by atoms with van der Waals surface area (Å²) in [6, 6.07) is 6.25. The number of halogens is 1. The van der Waals surface area contributed by atoms with E-state index >= 15 is 0 Å². The van der Waals surface area contributed by atoms with E-state index in [1.54, 1.807) is 12.5 Å². The lowest BCUT2D eigenvalue weighted by Crippen LogP contribution is -2.24. The molecule has 6 heteroatoms. The number of benzene rings is 1. The maximum absolute atomic E-state index is 12.5. The van der Waals surface area contributed by atoms with Crippen molar-refractivity contribution in [2.24, 2.45) is 0 Å². The molecule has 0 radical (unpaired) electrons. The number of imidazole rings is 1. The summed E-state index contributed by atoms with van der Waals surface area (Å²) in [6.45, 7) is 7.97. The van der Waals surface area contributed by atoms with E-state index in [2.05, 4.69) is 43.2 Å². The molecule has 3 rings (SSSR count). The average Bonchev–Trinajstić information content (AvgIpc) is 3.18. The molecule has 3 aromatic rings. The number of amides is 1. The number of thiophene rings is 1. The summed E-state index contributed by atoms with van der Waals surface area (Å²) in [5.41, 5.74) is 1.31. The van der Waals surface area contributed by atoms with Gasteiger partial charge < -0.3 is 9.88 Å². The van der Waals surface area contributed by atoms with Crippen LogP contribution in [0.5, 0.6) is 0 Å². The summed E-state index contributed by atoms with van der Waals surface area (Å²) in [5, 5.41) is 4.46. The third kappa shape index (κ3) is 4.05. The minimum atomic E-state index is -0.103. The first kappa shape index (κ1) is 18.0. The van der Waals surface area contributed by atoms with Crippen molar-refractivity contribution in [3.05, 3.63) is 52.4 Å². The van der Waals surface area contributed by atoms with Crippen LogP contribution in [0.15, 0.2) is 36.9 Å². The van der Waals surface area contributed by atoms with Crippen LogP contribution in [0.1, 0.15) is 42.4 Å². The number of nitrogens with zero attached hydrogens (tertiary/aromatic N) is 2. The van der Waals surface area contributed by atoms with Gasteiger partial charge in [0, 0.05) is 35.6 Å². The third-order valence-corrected chi connectivity index (χ3v) is 5.80. The van der Waals surface area contributed by atoms with E-state index in [1.165, 1.54) is 16.9 Å². The molecule has 0 fully saturated rings. The van der Waals surface area contributed by atoms with E-state index in [0.29, 0.717) is 16.4 Å². The smallest absolute Gasteiger partial charge is 0.262 e. The topological polar surface area (TPSA) is 46.9 Å². The molecule has 0 aliphatic rings. The van der Waals surface area contributed by atoms with Gasteiger partial charge in [0.2, 0.25) is 0 Å². The molecule has 1 aromatic carbocycles. The second-order valence-corrected chi connectivity index (χ2v) is 8.55. The molecule has 4 nitrogen and oxygen atoms in total. The van der Waals surface area contributed by atoms with Gasteiger partial charge in [-0.3, -0.25) is 4.79 Å². The Morgan fingerprint density at radius 2 is 2.16 bits per heavy atom. The number of aromatic nitrogens is 2. The molecule has 2 heterocycles. The second kappa shape index (κ2) is 7.18. The van der Waals surface area contributed by atoms with Crippen LogP contribution in [0.25, 0.3) is 10.1 Å². The molecule has 1 amide bonds. The Morgan fingerprint density at radius 3 is 2.84 bits per heavy atom. The van der Waals surface area contributed by atoms with Gasteiger partial charge in [0.1, 0.15) is 4.88 Å². The number of hydrogen-bond acceptors (Lipinski definition) is 3. The third-order valence-electron chi connectivity index (χ3n) is 4.14. The van der Waals surface area contributed by atoms with Gasteiger partial charge in [0.05, 0.1) is 11.3 Å². The molecule has 1 N–H and O–H groups in total. The maximum Gasteiger partial charge on any atom is 0.262 e. The predicted octanol–water partition coefficient (Wildman–Crippen LogP) is 4.87. The highest BCUT2D eigenvalue weighted by Crippen LogP contribution is 2.37. The molecule has 0 saturated heterocycles. The highest BCUT2D eigenvalue weighted by atomic mass is 35.5. The minimum absolute atomic E-state index is 0.0698. The van der Waals surface area contributed by atoms with E-state index in [1.807, 2.05) is 16.8 Å². The number of rotatable bonds is 5. The Labute approximate surface area is 156 Å². The molecule has 0 aliphatic heterocycles. The number of aryl methyl sites for hydroxylation is 1. The normalized spacial score (nSPS) is 11.8. The van der Waals surface area contributed by atoms with Crippen molar-refractivity contribution in [2.75, 3.05) is 6.54 Å². The van der Waals surface area contributed by atoms with Crippen LogP contribution in [-0.4, -0.2) is 22.0 Å². The van der Waals surface area contributed by atoms with Crippen LogP contribution in [0.2, 0.25) is 5.02 Å². The summed E-state index contributed by atoms with van der Waals surface area (Å²) in [7, 11) is 0. The molecule has 0 aliphatic carbocycles. The Morgan fingerprint density at radius 1 is 1.36 bits per heavy atom. The lowest BCUT2D eigenvalue weighted by molar-refractivity contribution is 0.0957. The molecule has 0 atom stereocenters. The number of fused-ring (bicyclic) bond motifs is 1. The van der Waals surface area contributed by atoms with Crippen molar-refractivity contribution in [2.45, 2.75) is 39.2 Å². The van der Waals surface area contributed by atoms with Crippen LogP contribution in [0.3, 0.4) is 0 Å². The van der Waals surface area contributed by atoms with Crippen molar-refractivity contribution in [3.63, 3.8) is 0 Å². The SMILES string of the molecule is CC(C)(C)c1ccc2c(Cl)c(C(=O)NCCCn3ccnc3)sc2c1. The van der Waals surface area contributed by atoms with Crippen molar-refractivity contribution in [1.29, 1.82) is 0 Å². The zero-order valence-electron chi connectivity index (χ0n) is 14.7. The van der Waals surface area contributed by atoms with Gasteiger partial charge in [-0.15, -0.1) is 11.3 Å². The molecule has 2 aromatic heterocycles. The van der Waals surface area contributed by atoms with Gasteiger partial charge in [-0.1, -0.05) is 44.5 Å². The van der Waals surface area contributed by atoms with Crippen LogP contribution in [-0.2, 0) is 12.0 Å². The zero-order valence-corrected chi connectivity index (χ0v) is 16.2. The lowest BCUT2D eigenvalue weighted by atomic mass is 9.87. The first-order valence-corrected chi connectivity index (χ1v) is 9.52. The molecule has 25 heavy (non-hydrogen) atoms. The van der Waals surface area contributed by atoms with Gasteiger partial charge in [-0.05, 0) is 23.5 Å². The fourth-order valence-electron chi connectivity index (χ4n) is 2.64. The fraction of sp³-hybridized carbons (Fsp3) is 0.368. The summed E-state index contributed by atoms with van der Waals surface area (Å²) < 4.78 is 3.05. The predicted molar refractivity (Wildman–Crippen MR) is 105 cm³/mol. The Hall–Kier alpha value is -1.85. The van der Waals surface area contributed by atoms with E-state index in [0.717, 1.165) is 23.1 Å². The largest absolute Gasteiger partial charge is 0.351 e. The zero-order chi connectivity index (χ0) is 18.0. The van der Waals surface area contributed by atoms with E-state index in [4.69, 9.17) is 11.6 Å². The molecule has 132 valence electrons. The van der Waals surface area contributed by atoms with E-state index < -0.39 is 0 Å². The van der Waals surface area contributed by atoms with Gasteiger partial charge in [0.15, 0.2) is 0 Å². The first-order valence-electron chi connectivity index (χ1n) is 8.33. The number of carbonyl (C=O) groups excluding carboxylic acids is 1. The highest BCUT2D eigenvalue weighted by molar-refractivity contribution is 7.21. The number of hydrogen-bond donors (Lipinski definition) is 1. The van der Waals surface area contributed by atoms with Gasteiger partial charge in [-0.2, -0.15) is 0 Å². The van der Waals surface area contributed by atoms with E-state index in [-0.39, 0.29) is 11.3 Å². The molecule has 0 spiro atoms. The summed E-state index contributed by atoms with van der Waals surface area (Å²) >= 11 is 7.91. The first-order chi connectivity index (χ1) is 11.9. The number of carbonyl (C=O) groups is 1. The van der Waals surface area contributed by atoms with Crippen LogP contribution in [0, 0.1) is 0 Å². The highest BCUT2D eigenvalue weighted by Gasteiger charge is 2.19.